The number of furan rings is 1. The number of likely N-dealkylation sites (tertiary alicyclic amines) is 1. The Morgan fingerprint density at radius 3 is 2.93 bits per heavy atom. The number of nitrogens with one attached hydrogen (secondary N) is 1. The quantitative estimate of drug-likeness (QED) is 0.617. The van der Waals surface area contributed by atoms with Crippen LogP contribution in [0, 0.1) is 0 Å². The van der Waals surface area contributed by atoms with Gasteiger partial charge in [-0.05, 0) is 56.7 Å². The molecule has 158 valence electrons. The molecule has 0 bridgehead atoms. The van der Waals surface area contributed by atoms with E-state index in [2.05, 4.69) is 5.32 Å². The van der Waals surface area contributed by atoms with E-state index in [0.29, 0.717) is 41.5 Å². The van der Waals surface area contributed by atoms with Crippen molar-refractivity contribution in [2.24, 2.45) is 0 Å². The molecule has 1 aliphatic heterocycles. The smallest absolute Gasteiger partial charge is 0.264 e. The Bertz CT molecular complexity index is 1030. The average Bonchev–Trinajstić information content (AvgIpc) is 3.44. The Morgan fingerprint density at radius 1 is 1.30 bits per heavy atom. The summed E-state index contributed by atoms with van der Waals surface area (Å²) in [6.07, 6.45) is 2.52. The van der Waals surface area contributed by atoms with Gasteiger partial charge in [-0.3, -0.25) is 9.59 Å². The van der Waals surface area contributed by atoms with Gasteiger partial charge >= 0.3 is 0 Å². The van der Waals surface area contributed by atoms with Crippen LogP contribution >= 0.6 is 11.3 Å². The molecule has 3 heterocycles. The third kappa shape index (κ3) is 4.07. The lowest BCUT2D eigenvalue weighted by molar-refractivity contribution is -0.127. The number of nitrogens with zero attached hydrogens (tertiary/aromatic N) is 1. The molecule has 2 amide bonds. The number of carbonyl (C=O) groups excluding carboxylic acids is 2. The summed E-state index contributed by atoms with van der Waals surface area (Å²) in [7, 11) is 0. The van der Waals surface area contributed by atoms with Gasteiger partial charge in [-0.25, -0.2) is 0 Å². The van der Waals surface area contributed by atoms with Crippen LogP contribution < -0.4 is 10.1 Å². The predicted molar refractivity (Wildman–Crippen MR) is 117 cm³/mol. The molecule has 3 aromatic rings. The minimum absolute atomic E-state index is 0.0670. The molecule has 1 fully saturated rings. The van der Waals surface area contributed by atoms with Crippen molar-refractivity contribution in [2.45, 2.75) is 45.2 Å². The van der Waals surface area contributed by atoms with E-state index in [-0.39, 0.29) is 17.9 Å². The Balaban J connectivity index is 1.50. The first-order chi connectivity index (χ1) is 14.6. The molecule has 0 saturated carbocycles. The zero-order chi connectivity index (χ0) is 21.1. The molecule has 0 spiro atoms. The van der Waals surface area contributed by atoms with E-state index in [9.17, 15) is 9.59 Å². The molecule has 7 heteroatoms. The standard InChI is InChI=1S/C23H26N2O4S/c1-3-28-18-10-6-8-16-14-19(29-21(16)18)15(2)24-22(26)17-9-4-5-12-25(17)23(27)20-11-7-13-30-20/h6-8,10-11,13-15,17H,3-5,9,12H2,1-2H3,(H,24,26). The molecule has 4 rings (SSSR count). The highest BCUT2D eigenvalue weighted by molar-refractivity contribution is 7.12. The van der Waals surface area contributed by atoms with E-state index in [1.54, 1.807) is 4.90 Å². The fraction of sp³-hybridized carbons (Fsp3) is 0.391. The molecule has 30 heavy (non-hydrogen) atoms. The van der Waals surface area contributed by atoms with Crippen LogP contribution in [-0.2, 0) is 4.79 Å². The third-order valence-electron chi connectivity index (χ3n) is 5.41. The first-order valence-electron chi connectivity index (χ1n) is 10.4. The van der Waals surface area contributed by atoms with Gasteiger partial charge < -0.3 is 19.4 Å². The molecule has 6 nitrogen and oxygen atoms in total. The highest BCUT2D eigenvalue weighted by atomic mass is 32.1. The number of rotatable bonds is 6. The highest BCUT2D eigenvalue weighted by Gasteiger charge is 2.34. The van der Waals surface area contributed by atoms with Crippen molar-refractivity contribution in [1.82, 2.24) is 10.2 Å². The van der Waals surface area contributed by atoms with Crippen molar-refractivity contribution in [3.63, 3.8) is 0 Å². The van der Waals surface area contributed by atoms with Gasteiger partial charge in [0.2, 0.25) is 5.91 Å². The lowest BCUT2D eigenvalue weighted by Crippen LogP contribution is -2.52. The van der Waals surface area contributed by atoms with Gasteiger partial charge in [0.25, 0.3) is 5.91 Å². The van der Waals surface area contributed by atoms with Crippen LogP contribution in [0.1, 0.15) is 54.6 Å². The predicted octanol–water partition coefficient (Wildman–Crippen LogP) is 4.77. The summed E-state index contributed by atoms with van der Waals surface area (Å²) >= 11 is 1.41. The minimum Gasteiger partial charge on any atom is -0.490 e. The Hall–Kier alpha value is -2.80. The summed E-state index contributed by atoms with van der Waals surface area (Å²) in [6.45, 7) is 4.98. The lowest BCUT2D eigenvalue weighted by Gasteiger charge is -2.35. The van der Waals surface area contributed by atoms with Gasteiger partial charge in [0.15, 0.2) is 11.3 Å². The van der Waals surface area contributed by atoms with Crippen molar-refractivity contribution in [3.05, 3.63) is 52.4 Å². The van der Waals surface area contributed by atoms with Crippen LogP contribution in [0.3, 0.4) is 0 Å². The maximum Gasteiger partial charge on any atom is 0.264 e. The second-order valence-electron chi connectivity index (χ2n) is 7.47. The van der Waals surface area contributed by atoms with E-state index in [0.717, 1.165) is 18.2 Å². The molecule has 2 aromatic heterocycles. The number of thiophene rings is 1. The minimum atomic E-state index is -0.459. The van der Waals surface area contributed by atoms with Gasteiger partial charge in [-0.2, -0.15) is 0 Å². The maximum atomic E-state index is 13.1. The molecule has 2 unspecified atom stereocenters. The number of fused-ring (bicyclic) bond motifs is 1. The van der Waals surface area contributed by atoms with Crippen LogP contribution in [0.4, 0.5) is 0 Å². The van der Waals surface area contributed by atoms with Gasteiger partial charge in [0, 0.05) is 11.9 Å². The Kier molecular flexibility index (Phi) is 6.08. The lowest BCUT2D eigenvalue weighted by atomic mass is 10.0. The van der Waals surface area contributed by atoms with E-state index >= 15 is 0 Å². The maximum absolute atomic E-state index is 13.1. The first-order valence-corrected chi connectivity index (χ1v) is 11.3. The molecular formula is C23H26N2O4S. The topological polar surface area (TPSA) is 71.8 Å². The normalized spacial score (nSPS) is 17.7. The number of para-hydroxylation sites is 1. The number of ether oxygens (including phenoxy) is 1. The van der Waals surface area contributed by atoms with E-state index in [4.69, 9.17) is 9.15 Å². The number of carbonyl (C=O) groups is 2. The number of hydrogen-bond acceptors (Lipinski definition) is 5. The second-order valence-corrected chi connectivity index (χ2v) is 8.42. The number of hydrogen-bond donors (Lipinski definition) is 1. The van der Waals surface area contributed by atoms with E-state index < -0.39 is 6.04 Å². The van der Waals surface area contributed by atoms with Crippen molar-refractivity contribution < 1.29 is 18.7 Å². The largest absolute Gasteiger partial charge is 0.490 e. The molecule has 2 atom stereocenters. The van der Waals surface area contributed by atoms with Crippen molar-refractivity contribution in [1.29, 1.82) is 0 Å². The molecule has 0 radical (unpaired) electrons. The van der Waals surface area contributed by atoms with Gasteiger partial charge in [-0.15, -0.1) is 11.3 Å². The summed E-state index contributed by atoms with van der Waals surface area (Å²) in [5.41, 5.74) is 0.683. The van der Waals surface area contributed by atoms with Gasteiger partial charge in [0.1, 0.15) is 11.8 Å². The molecule has 0 aliphatic carbocycles. The monoisotopic (exact) mass is 426 g/mol. The number of piperidine rings is 1. The SMILES string of the molecule is CCOc1cccc2cc(C(C)NC(=O)C3CCCCN3C(=O)c3cccs3)oc12. The van der Waals surface area contributed by atoms with Crippen LogP contribution in [0.5, 0.6) is 5.75 Å². The molecule has 1 aromatic carbocycles. The van der Waals surface area contributed by atoms with Crippen LogP contribution in [-0.4, -0.2) is 35.9 Å². The molecular weight excluding hydrogens is 400 g/mol. The average molecular weight is 427 g/mol. The van der Waals surface area contributed by atoms with Crippen LogP contribution in [0.15, 0.2) is 46.2 Å². The number of benzene rings is 1. The zero-order valence-electron chi connectivity index (χ0n) is 17.2. The summed E-state index contributed by atoms with van der Waals surface area (Å²) < 4.78 is 11.7. The fourth-order valence-corrected chi connectivity index (χ4v) is 4.59. The summed E-state index contributed by atoms with van der Waals surface area (Å²) in [6, 6.07) is 10.6. The van der Waals surface area contributed by atoms with Crippen LogP contribution in [0.2, 0.25) is 0 Å². The fourth-order valence-electron chi connectivity index (χ4n) is 3.91. The first kappa shape index (κ1) is 20.5. The Morgan fingerprint density at radius 2 is 2.17 bits per heavy atom. The molecule has 1 saturated heterocycles. The summed E-state index contributed by atoms with van der Waals surface area (Å²) in [5, 5.41) is 5.86. The van der Waals surface area contributed by atoms with Crippen molar-refractivity contribution in [2.75, 3.05) is 13.2 Å². The highest BCUT2D eigenvalue weighted by Crippen LogP contribution is 2.31. The van der Waals surface area contributed by atoms with Crippen molar-refractivity contribution >= 4 is 34.1 Å². The van der Waals surface area contributed by atoms with Gasteiger partial charge in [0.05, 0.1) is 17.5 Å². The summed E-state index contributed by atoms with van der Waals surface area (Å²) in [5.74, 6) is 1.15. The molecule has 1 aliphatic rings. The molecule has 1 N–H and O–H groups in total. The van der Waals surface area contributed by atoms with E-state index in [1.807, 2.05) is 55.6 Å². The number of amides is 2. The van der Waals surface area contributed by atoms with Crippen LogP contribution in [0.25, 0.3) is 11.0 Å². The van der Waals surface area contributed by atoms with Crippen molar-refractivity contribution in [3.8, 4) is 5.75 Å². The third-order valence-corrected chi connectivity index (χ3v) is 6.27. The second kappa shape index (κ2) is 8.92. The Labute approximate surface area is 179 Å². The summed E-state index contributed by atoms with van der Waals surface area (Å²) in [4.78, 5) is 28.3. The van der Waals surface area contributed by atoms with Gasteiger partial charge in [-0.1, -0.05) is 18.2 Å². The van der Waals surface area contributed by atoms with E-state index in [1.165, 1.54) is 11.3 Å². The zero-order valence-corrected chi connectivity index (χ0v) is 18.0.